The van der Waals surface area contributed by atoms with Gasteiger partial charge in [0.05, 0.1) is 0 Å². The summed E-state index contributed by atoms with van der Waals surface area (Å²) in [6, 6.07) is 11.3. The van der Waals surface area contributed by atoms with Crippen LogP contribution in [0.1, 0.15) is 63.4 Å². The predicted molar refractivity (Wildman–Crippen MR) is 106 cm³/mol. The second-order valence-electron chi connectivity index (χ2n) is 9.40. The van der Waals surface area contributed by atoms with Gasteiger partial charge in [0.2, 0.25) is 0 Å². The lowest BCUT2D eigenvalue weighted by Crippen LogP contribution is -2.47. The van der Waals surface area contributed by atoms with Crippen molar-refractivity contribution < 1.29 is 0 Å². The Hall–Kier alpha value is -0.860. The Kier molecular flexibility index (Phi) is 4.94. The summed E-state index contributed by atoms with van der Waals surface area (Å²) in [4.78, 5) is 5.28. The molecule has 0 atom stereocenters. The molecule has 0 aromatic heterocycles. The monoisotopic (exact) mass is 340 g/mol. The third-order valence-corrected chi connectivity index (χ3v) is 7.61. The first-order valence-electron chi connectivity index (χ1n) is 10.6. The zero-order valence-corrected chi connectivity index (χ0v) is 16.3. The lowest BCUT2D eigenvalue weighted by atomic mass is 9.64. The summed E-state index contributed by atoms with van der Waals surface area (Å²) in [5.74, 6) is 1.10. The van der Waals surface area contributed by atoms with Gasteiger partial charge >= 0.3 is 0 Å². The Morgan fingerprint density at radius 1 is 1.00 bits per heavy atom. The highest BCUT2D eigenvalue weighted by Gasteiger charge is 2.47. The van der Waals surface area contributed by atoms with Gasteiger partial charge in [0.1, 0.15) is 0 Å². The van der Waals surface area contributed by atoms with Crippen molar-refractivity contribution in [3.63, 3.8) is 0 Å². The molecule has 1 spiro atoms. The highest BCUT2D eigenvalue weighted by molar-refractivity contribution is 5.26. The highest BCUT2D eigenvalue weighted by atomic mass is 15.2. The minimum absolute atomic E-state index is 0.256. The minimum atomic E-state index is 0.256. The van der Waals surface area contributed by atoms with Crippen molar-refractivity contribution in [2.45, 2.75) is 63.3 Å². The molecule has 1 aliphatic heterocycles. The molecule has 25 heavy (non-hydrogen) atoms. The fourth-order valence-corrected chi connectivity index (χ4v) is 5.57. The average Bonchev–Trinajstić information content (AvgIpc) is 3.38. The molecule has 3 aliphatic rings. The molecular formula is C23H36N2. The average molecular weight is 341 g/mol. The van der Waals surface area contributed by atoms with Gasteiger partial charge in [-0.1, -0.05) is 43.2 Å². The summed E-state index contributed by atoms with van der Waals surface area (Å²) >= 11 is 0. The molecule has 0 amide bonds. The van der Waals surface area contributed by atoms with E-state index in [1.807, 2.05) is 0 Å². The maximum atomic E-state index is 2.79. The topological polar surface area (TPSA) is 6.48 Å². The molecule has 1 aromatic rings. The molecule has 3 fully saturated rings. The molecule has 0 bridgehead atoms. The van der Waals surface area contributed by atoms with Crippen LogP contribution in [0.4, 0.5) is 0 Å². The molecule has 0 unspecified atom stereocenters. The highest BCUT2D eigenvalue weighted by Crippen LogP contribution is 2.51. The second-order valence-corrected chi connectivity index (χ2v) is 9.40. The minimum Gasteiger partial charge on any atom is -0.303 e. The van der Waals surface area contributed by atoms with E-state index in [0.717, 1.165) is 5.92 Å². The molecule has 0 radical (unpaired) electrons. The van der Waals surface area contributed by atoms with Crippen LogP contribution in [0.15, 0.2) is 30.3 Å². The van der Waals surface area contributed by atoms with Crippen LogP contribution in [0, 0.1) is 11.3 Å². The predicted octanol–water partition coefficient (Wildman–Crippen LogP) is 4.90. The molecule has 1 aromatic carbocycles. The standard InChI is InChI=1S/C23H36N2/c1-24(2)23(21-8-4-3-5-9-21)14-12-22(13-15-23)16-18-25(19-22)17-6-7-20-10-11-20/h3-5,8-9,20H,6-7,10-19H2,1-2H3. The van der Waals surface area contributed by atoms with E-state index in [4.69, 9.17) is 0 Å². The number of hydrogen-bond donors (Lipinski definition) is 0. The van der Waals surface area contributed by atoms with Crippen LogP contribution in [0.5, 0.6) is 0 Å². The third-order valence-electron chi connectivity index (χ3n) is 7.61. The van der Waals surface area contributed by atoms with Crippen LogP contribution in [0.2, 0.25) is 0 Å². The zero-order valence-electron chi connectivity index (χ0n) is 16.3. The van der Waals surface area contributed by atoms with Crippen molar-refractivity contribution in [3.8, 4) is 0 Å². The lowest BCUT2D eigenvalue weighted by molar-refractivity contribution is 0.0381. The van der Waals surface area contributed by atoms with E-state index in [2.05, 4.69) is 54.2 Å². The van der Waals surface area contributed by atoms with Gasteiger partial charge in [-0.25, -0.2) is 0 Å². The lowest BCUT2D eigenvalue weighted by Gasteiger charge is -2.49. The summed E-state index contributed by atoms with van der Waals surface area (Å²) in [6.07, 6.45) is 12.8. The van der Waals surface area contributed by atoms with Crippen LogP contribution in [0.3, 0.4) is 0 Å². The van der Waals surface area contributed by atoms with E-state index < -0.39 is 0 Å². The van der Waals surface area contributed by atoms with E-state index >= 15 is 0 Å². The molecule has 2 saturated carbocycles. The Bertz CT molecular complexity index is 553. The number of likely N-dealkylation sites (tertiary alicyclic amines) is 1. The summed E-state index contributed by atoms with van der Waals surface area (Å²) < 4.78 is 0. The smallest absolute Gasteiger partial charge is 0.0455 e. The quantitative estimate of drug-likeness (QED) is 0.727. The number of nitrogens with zero attached hydrogens (tertiary/aromatic N) is 2. The maximum absolute atomic E-state index is 2.79. The van der Waals surface area contributed by atoms with Crippen LogP contribution in [-0.2, 0) is 5.54 Å². The molecule has 4 rings (SSSR count). The molecule has 1 heterocycles. The summed E-state index contributed by atoms with van der Waals surface area (Å²) in [5.41, 5.74) is 2.40. The van der Waals surface area contributed by atoms with E-state index in [1.54, 1.807) is 0 Å². The van der Waals surface area contributed by atoms with E-state index in [9.17, 15) is 0 Å². The maximum Gasteiger partial charge on any atom is 0.0455 e. The van der Waals surface area contributed by atoms with Crippen molar-refractivity contribution in [1.82, 2.24) is 9.80 Å². The van der Waals surface area contributed by atoms with E-state index in [1.165, 1.54) is 83.0 Å². The van der Waals surface area contributed by atoms with Crippen molar-refractivity contribution in [1.29, 1.82) is 0 Å². The van der Waals surface area contributed by atoms with E-state index in [0.29, 0.717) is 5.41 Å². The Labute approximate surface area is 154 Å². The molecular weight excluding hydrogens is 304 g/mol. The SMILES string of the molecule is CN(C)C1(c2ccccc2)CCC2(CCN(CCCC3CC3)C2)CC1. The fraction of sp³-hybridized carbons (Fsp3) is 0.739. The first-order chi connectivity index (χ1) is 12.1. The van der Waals surface area contributed by atoms with Crippen molar-refractivity contribution in [2.75, 3.05) is 33.7 Å². The summed E-state index contributed by atoms with van der Waals surface area (Å²) in [6.45, 7) is 4.08. The number of benzene rings is 1. The number of rotatable bonds is 6. The molecule has 138 valence electrons. The molecule has 2 aliphatic carbocycles. The summed E-state index contributed by atoms with van der Waals surface area (Å²) in [5, 5.41) is 0. The third kappa shape index (κ3) is 3.66. The van der Waals surface area contributed by atoms with Gasteiger partial charge in [0.25, 0.3) is 0 Å². The largest absolute Gasteiger partial charge is 0.303 e. The van der Waals surface area contributed by atoms with Gasteiger partial charge in [-0.3, -0.25) is 4.90 Å². The molecule has 0 N–H and O–H groups in total. The van der Waals surface area contributed by atoms with Gasteiger partial charge in [0, 0.05) is 12.1 Å². The van der Waals surface area contributed by atoms with Gasteiger partial charge < -0.3 is 4.90 Å². The zero-order chi connectivity index (χ0) is 17.3. The molecule has 1 saturated heterocycles. The molecule has 2 nitrogen and oxygen atoms in total. The van der Waals surface area contributed by atoms with Gasteiger partial charge in [-0.2, -0.15) is 0 Å². The Morgan fingerprint density at radius 2 is 1.72 bits per heavy atom. The summed E-state index contributed by atoms with van der Waals surface area (Å²) in [7, 11) is 4.56. The first-order valence-corrected chi connectivity index (χ1v) is 10.6. The van der Waals surface area contributed by atoms with Crippen LogP contribution < -0.4 is 0 Å². The second kappa shape index (κ2) is 7.04. The first kappa shape index (κ1) is 17.5. The van der Waals surface area contributed by atoms with Crippen molar-refractivity contribution in [2.24, 2.45) is 11.3 Å². The fourth-order valence-electron chi connectivity index (χ4n) is 5.57. The van der Waals surface area contributed by atoms with Crippen LogP contribution in [-0.4, -0.2) is 43.5 Å². The van der Waals surface area contributed by atoms with Crippen molar-refractivity contribution in [3.05, 3.63) is 35.9 Å². The van der Waals surface area contributed by atoms with E-state index in [-0.39, 0.29) is 5.54 Å². The Morgan fingerprint density at radius 3 is 2.36 bits per heavy atom. The van der Waals surface area contributed by atoms with Crippen LogP contribution in [0.25, 0.3) is 0 Å². The number of hydrogen-bond acceptors (Lipinski definition) is 2. The van der Waals surface area contributed by atoms with Gasteiger partial charge in [-0.15, -0.1) is 0 Å². The molecule has 2 heteroatoms. The van der Waals surface area contributed by atoms with Crippen molar-refractivity contribution >= 4 is 0 Å². The van der Waals surface area contributed by atoms with Gasteiger partial charge in [0.15, 0.2) is 0 Å². The normalized spacial score (nSPS) is 33.4. The van der Waals surface area contributed by atoms with Crippen LogP contribution >= 0.6 is 0 Å². The Balaban J connectivity index is 1.36. The van der Waals surface area contributed by atoms with Gasteiger partial charge in [-0.05, 0) is 89.0 Å².